The van der Waals surface area contributed by atoms with Gasteiger partial charge < -0.3 is 15.3 Å². The monoisotopic (exact) mass is 299 g/mol. The van der Waals surface area contributed by atoms with E-state index in [1.54, 1.807) is 0 Å². The summed E-state index contributed by atoms with van der Waals surface area (Å²) in [6.07, 6.45) is 4.63. The fourth-order valence-electron chi connectivity index (χ4n) is 3.09. The summed E-state index contributed by atoms with van der Waals surface area (Å²) in [6, 6.07) is 10.6. The third kappa shape index (κ3) is 3.57. The molecule has 1 aromatic carbocycles. The molecule has 2 heterocycles. The van der Waals surface area contributed by atoms with E-state index in [9.17, 15) is 0 Å². The molecule has 0 unspecified atom stereocenters. The smallest absolute Gasteiger partial charge is 0.133 e. The number of piperidine rings is 1. The molecule has 0 radical (unpaired) electrons. The topological polar surface area (TPSA) is 48.4 Å². The summed E-state index contributed by atoms with van der Waals surface area (Å²) in [5.74, 6) is 1.13. The number of nitrogens with zero attached hydrogens (tertiary/aromatic N) is 2. The van der Waals surface area contributed by atoms with Crippen molar-refractivity contribution in [2.45, 2.75) is 32.2 Å². The molecule has 22 heavy (non-hydrogen) atoms. The molecule has 118 valence electrons. The average Bonchev–Trinajstić information content (AvgIpc) is 2.59. The predicted octanol–water partition coefficient (Wildman–Crippen LogP) is 2.70. The Balaban J connectivity index is 1.87. The number of rotatable bonds is 6. The molecule has 1 aromatic heterocycles. The first-order chi connectivity index (χ1) is 10.9. The van der Waals surface area contributed by atoms with Gasteiger partial charge in [-0.3, -0.25) is 0 Å². The Hall–Kier alpha value is -1.65. The highest BCUT2D eigenvalue weighted by Crippen LogP contribution is 2.26. The molecule has 1 aliphatic rings. The van der Waals surface area contributed by atoms with E-state index in [1.807, 2.05) is 0 Å². The lowest BCUT2D eigenvalue weighted by Gasteiger charge is -2.30. The van der Waals surface area contributed by atoms with E-state index in [0.717, 1.165) is 43.9 Å². The third-order valence-corrected chi connectivity index (χ3v) is 4.26. The van der Waals surface area contributed by atoms with Crippen molar-refractivity contribution in [2.24, 2.45) is 0 Å². The van der Waals surface area contributed by atoms with E-state index < -0.39 is 0 Å². The zero-order chi connectivity index (χ0) is 15.2. The summed E-state index contributed by atoms with van der Waals surface area (Å²) in [4.78, 5) is 7.36. The second-order valence-corrected chi connectivity index (χ2v) is 5.97. The number of nitrogens with one attached hydrogen (secondary N) is 1. The van der Waals surface area contributed by atoms with Crippen LogP contribution in [0.25, 0.3) is 10.9 Å². The van der Waals surface area contributed by atoms with Gasteiger partial charge in [0.25, 0.3) is 0 Å². The maximum atomic E-state index is 8.90. The molecule has 2 N–H and O–H groups in total. The van der Waals surface area contributed by atoms with Crippen molar-refractivity contribution in [3.8, 4) is 0 Å². The number of para-hydroxylation sites is 1. The van der Waals surface area contributed by atoms with E-state index in [0.29, 0.717) is 0 Å². The zero-order valence-electron chi connectivity index (χ0n) is 13.1. The zero-order valence-corrected chi connectivity index (χ0v) is 13.1. The molecular weight excluding hydrogens is 274 g/mol. The van der Waals surface area contributed by atoms with Gasteiger partial charge in [-0.05, 0) is 44.4 Å². The van der Waals surface area contributed by atoms with Crippen LogP contribution in [-0.2, 0) is 6.54 Å². The first-order valence-corrected chi connectivity index (χ1v) is 8.33. The highest BCUT2D eigenvalue weighted by atomic mass is 16.3. The summed E-state index contributed by atoms with van der Waals surface area (Å²) in [5.41, 5.74) is 2.33. The highest BCUT2D eigenvalue weighted by molar-refractivity contribution is 5.81. The Kier molecular flexibility index (Phi) is 5.24. The van der Waals surface area contributed by atoms with E-state index in [2.05, 4.69) is 40.5 Å². The van der Waals surface area contributed by atoms with Crippen molar-refractivity contribution in [1.29, 1.82) is 0 Å². The minimum absolute atomic E-state index is 0.238. The number of aromatic nitrogens is 1. The van der Waals surface area contributed by atoms with Gasteiger partial charge >= 0.3 is 0 Å². The highest BCUT2D eigenvalue weighted by Gasteiger charge is 2.16. The maximum absolute atomic E-state index is 8.90. The number of anilines is 1. The fourth-order valence-corrected chi connectivity index (χ4v) is 3.09. The van der Waals surface area contributed by atoms with E-state index in [4.69, 9.17) is 10.1 Å². The molecule has 0 amide bonds. The Morgan fingerprint density at radius 2 is 1.95 bits per heavy atom. The van der Waals surface area contributed by atoms with Crippen LogP contribution in [0.4, 0.5) is 5.82 Å². The molecule has 1 aliphatic heterocycles. The minimum Gasteiger partial charge on any atom is -0.396 e. The van der Waals surface area contributed by atoms with Crippen LogP contribution in [0.1, 0.15) is 31.2 Å². The van der Waals surface area contributed by atoms with Crippen LogP contribution in [0.5, 0.6) is 0 Å². The van der Waals surface area contributed by atoms with Gasteiger partial charge in [0, 0.05) is 37.2 Å². The lowest BCUT2D eigenvalue weighted by Crippen LogP contribution is -2.31. The van der Waals surface area contributed by atoms with Gasteiger partial charge in [-0.1, -0.05) is 18.2 Å². The number of pyridine rings is 1. The van der Waals surface area contributed by atoms with E-state index in [1.165, 1.54) is 30.2 Å². The van der Waals surface area contributed by atoms with Gasteiger partial charge in [0.2, 0.25) is 0 Å². The normalized spacial score (nSPS) is 15.4. The number of hydrogen-bond acceptors (Lipinski definition) is 4. The van der Waals surface area contributed by atoms with Crippen LogP contribution in [0.3, 0.4) is 0 Å². The lowest BCUT2D eigenvalue weighted by atomic mass is 10.1. The molecule has 0 saturated carbocycles. The molecule has 1 fully saturated rings. The van der Waals surface area contributed by atoms with Gasteiger partial charge in [-0.15, -0.1) is 0 Å². The first kappa shape index (κ1) is 15.3. The summed E-state index contributed by atoms with van der Waals surface area (Å²) in [7, 11) is 0. The molecule has 0 aliphatic carbocycles. The van der Waals surface area contributed by atoms with Crippen molar-refractivity contribution in [3.63, 3.8) is 0 Å². The van der Waals surface area contributed by atoms with Crippen LogP contribution in [0, 0.1) is 0 Å². The predicted molar refractivity (Wildman–Crippen MR) is 91.2 cm³/mol. The molecule has 0 atom stereocenters. The molecule has 0 bridgehead atoms. The quantitative estimate of drug-likeness (QED) is 0.805. The summed E-state index contributed by atoms with van der Waals surface area (Å²) in [6.45, 7) is 4.10. The Labute approximate surface area is 132 Å². The molecule has 4 nitrogen and oxygen atoms in total. The Morgan fingerprint density at radius 1 is 1.14 bits per heavy atom. The number of benzene rings is 1. The third-order valence-electron chi connectivity index (χ3n) is 4.26. The van der Waals surface area contributed by atoms with E-state index in [-0.39, 0.29) is 6.61 Å². The lowest BCUT2D eigenvalue weighted by molar-refractivity contribution is 0.286. The SMILES string of the molecule is OCCCNCc1cc2ccccc2nc1N1CCCCC1. The standard InChI is InChI=1S/C18H25N3O/c22-12-6-9-19-14-16-13-15-7-2-3-8-17(15)20-18(16)21-10-4-1-5-11-21/h2-3,7-8,13,19,22H,1,4-6,9-12,14H2. The average molecular weight is 299 g/mol. The summed E-state index contributed by atoms with van der Waals surface area (Å²) in [5, 5.41) is 13.5. The second kappa shape index (κ2) is 7.56. The van der Waals surface area contributed by atoms with Crippen LogP contribution in [0.15, 0.2) is 30.3 Å². The van der Waals surface area contributed by atoms with Gasteiger partial charge in [-0.25, -0.2) is 4.98 Å². The fraction of sp³-hybridized carbons (Fsp3) is 0.500. The van der Waals surface area contributed by atoms with Gasteiger partial charge in [0.1, 0.15) is 5.82 Å². The number of hydrogen-bond donors (Lipinski definition) is 2. The van der Waals surface area contributed by atoms with Gasteiger partial charge in [0.15, 0.2) is 0 Å². The van der Waals surface area contributed by atoms with Crippen molar-refractivity contribution >= 4 is 16.7 Å². The van der Waals surface area contributed by atoms with E-state index >= 15 is 0 Å². The Morgan fingerprint density at radius 3 is 2.77 bits per heavy atom. The largest absolute Gasteiger partial charge is 0.396 e. The molecule has 1 saturated heterocycles. The summed E-state index contributed by atoms with van der Waals surface area (Å²) >= 11 is 0. The van der Waals surface area contributed by atoms with Crippen LogP contribution < -0.4 is 10.2 Å². The molecule has 0 spiro atoms. The van der Waals surface area contributed by atoms with Crippen molar-refractivity contribution < 1.29 is 5.11 Å². The van der Waals surface area contributed by atoms with Gasteiger partial charge in [-0.2, -0.15) is 0 Å². The van der Waals surface area contributed by atoms with Crippen LogP contribution in [0.2, 0.25) is 0 Å². The minimum atomic E-state index is 0.238. The van der Waals surface area contributed by atoms with Crippen molar-refractivity contribution in [3.05, 3.63) is 35.9 Å². The van der Waals surface area contributed by atoms with Crippen LogP contribution in [-0.4, -0.2) is 36.3 Å². The molecule has 3 rings (SSSR count). The Bertz CT molecular complexity index is 608. The maximum Gasteiger partial charge on any atom is 0.133 e. The van der Waals surface area contributed by atoms with Gasteiger partial charge in [0.05, 0.1) is 5.52 Å². The molecule has 2 aromatic rings. The molecular formula is C18H25N3O. The van der Waals surface area contributed by atoms with Crippen molar-refractivity contribution in [2.75, 3.05) is 31.1 Å². The number of aliphatic hydroxyl groups excluding tert-OH is 1. The number of fused-ring (bicyclic) bond motifs is 1. The van der Waals surface area contributed by atoms with Crippen LogP contribution >= 0.6 is 0 Å². The number of aliphatic hydroxyl groups is 1. The molecule has 4 heteroatoms. The second-order valence-electron chi connectivity index (χ2n) is 5.97. The van der Waals surface area contributed by atoms with Crippen molar-refractivity contribution in [1.82, 2.24) is 10.3 Å². The summed E-state index contributed by atoms with van der Waals surface area (Å²) < 4.78 is 0. The first-order valence-electron chi connectivity index (χ1n) is 8.33.